The summed E-state index contributed by atoms with van der Waals surface area (Å²) >= 11 is 0. The summed E-state index contributed by atoms with van der Waals surface area (Å²) < 4.78 is 5.82. The summed E-state index contributed by atoms with van der Waals surface area (Å²) in [6.45, 7) is 4.22. The van der Waals surface area contributed by atoms with E-state index in [2.05, 4.69) is 6.92 Å². The number of carboxylic acids is 1. The summed E-state index contributed by atoms with van der Waals surface area (Å²) in [4.78, 5) is 10.9. The van der Waals surface area contributed by atoms with Gasteiger partial charge in [-0.1, -0.05) is 51.9 Å². The van der Waals surface area contributed by atoms with Crippen LogP contribution in [0.3, 0.4) is 0 Å². The minimum Gasteiger partial charge on any atom is -0.489 e. The second kappa shape index (κ2) is 11.5. The van der Waals surface area contributed by atoms with Gasteiger partial charge in [0.05, 0.1) is 17.2 Å². The molecule has 0 saturated carbocycles. The summed E-state index contributed by atoms with van der Waals surface area (Å²) in [5, 5.41) is 18.1. The predicted molar refractivity (Wildman–Crippen MR) is 95.4 cm³/mol. The van der Waals surface area contributed by atoms with E-state index in [1.165, 1.54) is 57.1 Å². The van der Waals surface area contributed by atoms with Gasteiger partial charge in [-0.15, -0.1) is 0 Å². The van der Waals surface area contributed by atoms with Crippen LogP contribution in [-0.2, 0) is 0 Å². The fourth-order valence-corrected chi connectivity index (χ4v) is 2.69. The lowest BCUT2D eigenvalue weighted by Gasteiger charge is -2.16. The first-order valence-corrected chi connectivity index (χ1v) is 9.02. The van der Waals surface area contributed by atoms with Crippen molar-refractivity contribution < 1.29 is 14.6 Å². The van der Waals surface area contributed by atoms with E-state index in [-0.39, 0.29) is 17.2 Å². The van der Waals surface area contributed by atoms with E-state index in [1.54, 1.807) is 6.07 Å². The van der Waals surface area contributed by atoms with E-state index in [0.29, 0.717) is 5.75 Å². The Balaban J connectivity index is 2.31. The Morgan fingerprint density at radius 1 is 1.17 bits per heavy atom. The van der Waals surface area contributed by atoms with Crippen molar-refractivity contribution in [2.24, 2.45) is 0 Å². The highest BCUT2D eigenvalue weighted by molar-refractivity contribution is 5.88. The topological polar surface area (TPSA) is 70.3 Å². The molecule has 1 unspecified atom stereocenters. The molecule has 0 aliphatic rings. The van der Waals surface area contributed by atoms with Gasteiger partial charge in [-0.3, -0.25) is 0 Å². The molecule has 1 atom stereocenters. The Hall–Kier alpha value is -2.02. The van der Waals surface area contributed by atoms with Crippen LogP contribution in [0.25, 0.3) is 0 Å². The van der Waals surface area contributed by atoms with E-state index in [4.69, 9.17) is 15.1 Å². The van der Waals surface area contributed by atoms with Gasteiger partial charge >= 0.3 is 5.97 Å². The van der Waals surface area contributed by atoms with Gasteiger partial charge in [-0.25, -0.2) is 4.79 Å². The molecule has 1 aromatic rings. The van der Waals surface area contributed by atoms with Crippen molar-refractivity contribution in [3.05, 3.63) is 29.3 Å². The van der Waals surface area contributed by atoms with E-state index in [1.807, 2.05) is 13.0 Å². The maximum atomic E-state index is 10.9. The number of carboxylic acid groups (broad SMARTS) is 1. The van der Waals surface area contributed by atoms with Gasteiger partial charge < -0.3 is 9.84 Å². The average Bonchev–Trinajstić information content (AvgIpc) is 2.57. The van der Waals surface area contributed by atoms with Gasteiger partial charge in [0.2, 0.25) is 0 Å². The van der Waals surface area contributed by atoms with Crippen LogP contribution in [0.5, 0.6) is 5.75 Å². The Labute approximate surface area is 145 Å². The van der Waals surface area contributed by atoms with Crippen LogP contribution in [0.2, 0.25) is 0 Å². The van der Waals surface area contributed by atoms with Crippen LogP contribution in [0.1, 0.15) is 87.6 Å². The molecule has 0 radical (unpaired) electrons. The molecule has 0 fully saturated rings. The molecule has 0 amide bonds. The van der Waals surface area contributed by atoms with Crippen molar-refractivity contribution >= 4 is 5.97 Å². The zero-order valence-corrected chi connectivity index (χ0v) is 14.9. The quantitative estimate of drug-likeness (QED) is 0.509. The van der Waals surface area contributed by atoms with E-state index < -0.39 is 5.97 Å². The highest BCUT2D eigenvalue weighted by Crippen LogP contribution is 2.22. The van der Waals surface area contributed by atoms with Gasteiger partial charge in [-0.2, -0.15) is 5.26 Å². The fourth-order valence-electron chi connectivity index (χ4n) is 2.69. The average molecular weight is 331 g/mol. The number of hydrogen-bond acceptors (Lipinski definition) is 3. The highest BCUT2D eigenvalue weighted by atomic mass is 16.5. The summed E-state index contributed by atoms with van der Waals surface area (Å²) in [6, 6.07) is 6.42. The normalized spacial score (nSPS) is 11.7. The molecule has 1 rings (SSSR count). The van der Waals surface area contributed by atoms with Gasteiger partial charge in [0.25, 0.3) is 0 Å². The first-order valence-electron chi connectivity index (χ1n) is 9.02. The number of ether oxygens (including phenoxy) is 1. The standard InChI is InChI=1S/C20H29NO3/c1-3-4-5-6-7-8-9-10-11-16(2)24-19-13-12-17(20(22)23)14-18(19)15-21/h12-14,16H,3-11H2,1-2H3,(H,22,23). The van der Waals surface area contributed by atoms with Crippen molar-refractivity contribution in [1.29, 1.82) is 5.26 Å². The second-order valence-electron chi connectivity index (χ2n) is 6.32. The van der Waals surface area contributed by atoms with E-state index in [0.717, 1.165) is 12.8 Å². The summed E-state index contributed by atoms with van der Waals surface area (Å²) in [5.41, 5.74) is 0.382. The molecule has 4 nitrogen and oxygen atoms in total. The molecular formula is C20H29NO3. The van der Waals surface area contributed by atoms with Crippen molar-refractivity contribution in [3.63, 3.8) is 0 Å². The zero-order chi connectivity index (χ0) is 17.8. The molecule has 1 aromatic carbocycles. The molecule has 0 heterocycles. The number of hydrogen-bond donors (Lipinski definition) is 1. The van der Waals surface area contributed by atoms with Crippen molar-refractivity contribution in [2.45, 2.75) is 77.7 Å². The zero-order valence-electron chi connectivity index (χ0n) is 14.9. The molecule has 0 aliphatic heterocycles. The van der Waals surface area contributed by atoms with E-state index >= 15 is 0 Å². The van der Waals surface area contributed by atoms with Crippen molar-refractivity contribution in [1.82, 2.24) is 0 Å². The number of rotatable bonds is 12. The molecule has 24 heavy (non-hydrogen) atoms. The van der Waals surface area contributed by atoms with Crippen molar-refractivity contribution in [3.8, 4) is 11.8 Å². The smallest absolute Gasteiger partial charge is 0.335 e. The molecule has 0 aromatic heterocycles. The Morgan fingerprint density at radius 2 is 1.79 bits per heavy atom. The maximum absolute atomic E-state index is 10.9. The number of benzene rings is 1. The Bertz CT molecular complexity index is 548. The number of unbranched alkanes of at least 4 members (excludes halogenated alkanes) is 7. The van der Waals surface area contributed by atoms with Crippen LogP contribution < -0.4 is 4.74 Å². The molecule has 0 spiro atoms. The fraction of sp³-hybridized carbons (Fsp3) is 0.600. The van der Waals surface area contributed by atoms with Crippen LogP contribution in [0, 0.1) is 11.3 Å². The van der Waals surface area contributed by atoms with Gasteiger partial charge in [0.15, 0.2) is 0 Å². The van der Waals surface area contributed by atoms with E-state index in [9.17, 15) is 4.79 Å². The van der Waals surface area contributed by atoms with Gasteiger partial charge in [-0.05, 0) is 38.0 Å². The molecule has 132 valence electrons. The number of carbonyl (C=O) groups is 1. The molecular weight excluding hydrogens is 302 g/mol. The molecule has 1 N–H and O–H groups in total. The second-order valence-corrected chi connectivity index (χ2v) is 6.32. The first kappa shape index (κ1) is 20.0. The number of nitrogens with zero attached hydrogens (tertiary/aromatic N) is 1. The van der Waals surface area contributed by atoms with Crippen LogP contribution >= 0.6 is 0 Å². The summed E-state index contributed by atoms with van der Waals surface area (Å²) in [6.07, 6.45) is 11.2. The van der Waals surface area contributed by atoms with Crippen LogP contribution in [0.15, 0.2) is 18.2 Å². The number of aromatic carboxylic acids is 1. The maximum Gasteiger partial charge on any atom is 0.335 e. The monoisotopic (exact) mass is 331 g/mol. The third-order valence-electron chi connectivity index (χ3n) is 4.14. The first-order chi connectivity index (χ1) is 11.6. The Kier molecular flexibility index (Phi) is 9.60. The lowest BCUT2D eigenvalue weighted by atomic mass is 10.1. The lowest BCUT2D eigenvalue weighted by Crippen LogP contribution is -2.12. The summed E-state index contributed by atoms with van der Waals surface area (Å²) in [7, 11) is 0. The molecule has 4 heteroatoms. The lowest BCUT2D eigenvalue weighted by molar-refractivity contribution is 0.0697. The molecule has 0 saturated heterocycles. The minimum atomic E-state index is -1.04. The van der Waals surface area contributed by atoms with Gasteiger partial charge in [0, 0.05) is 0 Å². The third kappa shape index (κ3) is 7.50. The van der Waals surface area contributed by atoms with Crippen LogP contribution in [0.4, 0.5) is 0 Å². The SMILES string of the molecule is CCCCCCCCCCC(C)Oc1ccc(C(=O)O)cc1C#N. The predicted octanol–water partition coefficient (Wildman–Crippen LogP) is 5.55. The molecule has 0 bridgehead atoms. The molecule has 0 aliphatic carbocycles. The highest BCUT2D eigenvalue weighted by Gasteiger charge is 2.12. The number of nitriles is 1. The third-order valence-corrected chi connectivity index (χ3v) is 4.14. The summed E-state index contributed by atoms with van der Waals surface area (Å²) in [5.74, 6) is -0.570. The van der Waals surface area contributed by atoms with Gasteiger partial charge in [0.1, 0.15) is 11.8 Å². The Morgan fingerprint density at radius 3 is 2.38 bits per heavy atom. The van der Waals surface area contributed by atoms with Crippen molar-refractivity contribution in [2.75, 3.05) is 0 Å². The minimum absolute atomic E-state index is 0.0212. The van der Waals surface area contributed by atoms with Crippen LogP contribution in [-0.4, -0.2) is 17.2 Å². The largest absolute Gasteiger partial charge is 0.489 e.